The molecule has 0 saturated carbocycles. The molecule has 2 heterocycles. The number of carbonyl (C=O) groups excluding carboxylic acids is 1. The molecular weight excluding hydrogens is 442 g/mol. The van der Waals surface area contributed by atoms with Crippen LogP contribution < -0.4 is 14.2 Å². The number of fused-ring (bicyclic) bond motifs is 1. The highest BCUT2D eigenvalue weighted by Crippen LogP contribution is 2.33. The van der Waals surface area contributed by atoms with Gasteiger partial charge in [-0.3, -0.25) is 14.6 Å². The molecule has 0 spiro atoms. The van der Waals surface area contributed by atoms with E-state index >= 15 is 0 Å². The van der Waals surface area contributed by atoms with Crippen LogP contribution in [0.15, 0.2) is 36.4 Å². The van der Waals surface area contributed by atoms with Crippen molar-refractivity contribution in [2.24, 2.45) is 0 Å². The molecule has 4 rings (SSSR count). The summed E-state index contributed by atoms with van der Waals surface area (Å²) in [5.41, 5.74) is 2.36. The predicted octanol–water partition coefficient (Wildman–Crippen LogP) is 2.94. The molecule has 2 aromatic rings. The van der Waals surface area contributed by atoms with Crippen molar-refractivity contribution >= 4 is 17.5 Å². The second-order valence-electron chi connectivity index (χ2n) is 8.46. The molecule has 0 aliphatic carbocycles. The van der Waals surface area contributed by atoms with E-state index in [4.69, 9.17) is 25.8 Å². The number of ether oxygens (including phenoxy) is 3. The third-order valence-corrected chi connectivity index (χ3v) is 6.64. The Morgan fingerprint density at radius 2 is 1.55 bits per heavy atom. The highest BCUT2D eigenvalue weighted by molar-refractivity contribution is 6.30. The van der Waals surface area contributed by atoms with E-state index in [1.165, 1.54) is 5.56 Å². The SMILES string of the molecule is COc1cc2c(cc1OC)CN(C(=O)CN1CCN(CCOc3ccc(Cl)cc3)CC1)CC2. The van der Waals surface area contributed by atoms with Crippen molar-refractivity contribution in [2.75, 3.05) is 66.6 Å². The number of halogens is 1. The minimum absolute atomic E-state index is 0.190. The van der Waals surface area contributed by atoms with E-state index in [-0.39, 0.29) is 5.91 Å². The van der Waals surface area contributed by atoms with Gasteiger partial charge in [0.1, 0.15) is 12.4 Å². The Bertz CT molecular complexity index is 945. The molecule has 1 fully saturated rings. The summed E-state index contributed by atoms with van der Waals surface area (Å²) in [6.45, 7) is 7.01. The van der Waals surface area contributed by atoms with Crippen molar-refractivity contribution in [1.82, 2.24) is 14.7 Å². The Hall–Kier alpha value is -2.48. The number of hydrogen-bond acceptors (Lipinski definition) is 6. The summed E-state index contributed by atoms with van der Waals surface area (Å²) in [7, 11) is 3.29. The fourth-order valence-electron chi connectivity index (χ4n) is 4.38. The van der Waals surface area contributed by atoms with Gasteiger partial charge in [-0.15, -0.1) is 0 Å². The monoisotopic (exact) mass is 473 g/mol. The van der Waals surface area contributed by atoms with Crippen molar-refractivity contribution in [3.8, 4) is 17.2 Å². The van der Waals surface area contributed by atoms with Gasteiger partial charge in [-0.2, -0.15) is 0 Å². The molecule has 0 aromatic heterocycles. The largest absolute Gasteiger partial charge is 0.493 e. The third kappa shape index (κ3) is 6.10. The van der Waals surface area contributed by atoms with E-state index < -0.39 is 0 Å². The molecule has 2 aromatic carbocycles. The van der Waals surface area contributed by atoms with Crippen molar-refractivity contribution in [3.05, 3.63) is 52.5 Å². The molecule has 1 amide bonds. The van der Waals surface area contributed by atoms with E-state index in [1.807, 2.05) is 41.3 Å². The van der Waals surface area contributed by atoms with Crippen LogP contribution in [0.4, 0.5) is 0 Å². The number of carbonyl (C=O) groups is 1. The maximum atomic E-state index is 13.0. The molecule has 0 N–H and O–H groups in total. The zero-order chi connectivity index (χ0) is 23.2. The molecule has 1 saturated heterocycles. The van der Waals surface area contributed by atoms with Gasteiger partial charge in [0.15, 0.2) is 11.5 Å². The normalized spacial score (nSPS) is 16.9. The number of nitrogens with zero attached hydrogens (tertiary/aromatic N) is 3. The minimum Gasteiger partial charge on any atom is -0.493 e. The van der Waals surface area contributed by atoms with Crippen LogP contribution in [0.25, 0.3) is 0 Å². The second kappa shape index (κ2) is 11.1. The van der Waals surface area contributed by atoms with Crippen LogP contribution >= 0.6 is 11.6 Å². The fourth-order valence-corrected chi connectivity index (χ4v) is 4.51. The first kappa shape index (κ1) is 23.7. The van der Waals surface area contributed by atoms with E-state index in [0.717, 1.165) is 62.8 Å². The van der Waals surface area contributed by atoms with Gasteiger partial charge in [-0.25, -0.2) is 0 Å². The Labute approximate surface area is 200 Å². The lowest BCUT2D eigenvalue weighted by atomic mass is 9.98. The van der Waals surface area contributed by atoms with Crippen LogP contribution in [0, 0.1) is 0 Å². The molecule has 7 nitrogen and oxygen atoms in total. The Kier molecular flexibility index (Phi) is 7.96. The summed E-state index contributed by atoms with van der Waals surface area (Å²) in [6.07, 6.45) is 0.836. The maximum Gasteiger partial charge on any atom is 0.237 e. The molecule has 0 bridgehead atoms. The van der Waals surface area contributed by atoms with Crippen molar-refractivity contribution in [3.63, 3.8) is 0 Å². The van der Waals surface area contributed by atoms with Gasteiger partial charge < -0.3 is 19.1 Å². The summed E-state index contributed by atoms with van der Waals surface area (Å²) < 4.78 is 16.6. The standard InChI is InChI=1S/C25H32ClN3O4/c1-31-23-15-19-7-8-29(17-20(19)16-24(23)32-2)25(30)18-28-11-9-27(10-12-28)13-14-33-22-5-3-21(26)4-6-22/h3-6,15-16H,7-14,17-18H2,1-2H3. The first-order valence-corrected chi connectivity index (χ1v) is 11.8. The molecule has 33 heavy (non-hydrogen) atoms. The van der Waals surface area contributed by atoms with Crippen LogP contribution in [0.2, 0.25) is 5.02 Å². The van der Waals surface area contributed by atoms with E-state index in [1.54, 1.807) is 14.2 Å². The van der Waals surface area contributed by atoms with Gasteiger partial charge in [0.05, 0.1) is 20.8 Å². The number of amides is 1. The number of piperazine rings is 1. The van der Waals surface area contributed by atoms with Crippen molar-refractivity contribution in [1.29, 1.82) is 0 Å². The predicted molar refractivity (Wildman–Crippen MR) is 128 cm³/mol. The molecule has 8 heteroatoms. The molecular formula is C25H32ClN3O4. The van der Waals surface area contributed by atoms with Gasteiger partial charge >= 0.3 is 0 Å². The average Bonchev–Trinajstić information content (AvgIpc) is 2.85. The van der Waals surface area contributed by atoms with Gasteiger partial charge in [0.25, 0.3) is 0 Å². The number of benzene rings is 2. The van der Waals surface area contributed by atoms with Crippen LogP contribution in [0.1, 0.15) is 11.1 Å². The maximum absolute atomic E-state index is 13.0. The quantitative estimate of drug-likeness (QED) is 0.587. The highest BCUT2D eigenvalue weighted by Gasteiger charge is 2.25. The summed E-state index contributed by atoms with van der Waals surface area (Å²) in [4.78, 5) is 19.6. The molecule has 178 valence electrons. The van der Waals surface area contributed by atoms with Gasteiger partial charge in [0, 0.05) is 50.8 Å². The minimum atomic E-state index is 0.190. The highest BCUT2D eigenvalue weighted by atomic mass is 35.5. The fraction of sp³-hybridized carbons (Fsp3) is 0.480. The van der Waals surface area contributed by atoms with E-state index in [2.05, 4.69) is 9.80 Å². The van der Waals surface area contributed by atoms with Gasteiger partial charge in [0.2, 0.25) is 5.91 Å². The van der Waals surface area contributed by atoms with Crippen LogP contribution in [0.3, 0.4) is 0 Å². The lowest BCUT2D eigenvalue weighted by molar-refractivity contribution is -0.133. The summed E-state index contributed by atoms with van der Waals surface area (Å²) in [5, 5.41) is 0.710. The zero-order valence-corrected chi connectivity index (χ0v) is 20.1. The van der Waals surface area contributed by atoms with Gasteiger partial charge in [-0.1, -0.05) is 11.6 Å². The summed E-state index contributed by atoms with van der Waals surface area (Å²) in [6, 6.07) is 11.5. The topological polar surface area (TPSA) is 54.5 Å². The van der Waals surface area contributed by atoms with Crippen LogP contribution in [0.5, 0.6) is 17.2 Å². The molecule has 0 unspecified atom stereocenters. The average molecular weight is 474 g/mol. The smallest absolute Gasteiger partial charge is 0.237 e. The lowest BCUT2D eigenvalue weighted by Crippen LogP contribution is -2.51. The van der Waals surface area contributed by atoms with E-state index in [9.17, 15) is 4.79 Å². The number of methoxy groups -OCH3 is 2. The molecule has 2 aliphatic heterocycles. The van der Waals surface area contributed by atoms with Crippen LogP contribution in [-0.4, -0.2) is 87.2 Å². The van der Waals surface area contributed by atoms with Crippen molar-refractivity contribution in [2.45, 2.75) is 13.0 Å². The first-order chi connectivity index (χ1) is 16.1. The molecule has 2 aliphatic rings. The molecule has 0 radical (unpaired) electrons. The van der Waals surface area contributed by atoms with Crippen LogP contribution in [-0.2, 0) is 17.8 Å². The lowest BCUT2D eigenvalue weighted by Gasteiger charge is -2.36. The Balaban J connectivity index is 1.20. The summed E-state index contributed by atoms with van der Waals surface area (Å²) >= 11 is 5.91. The molecule has 0 atom stereocenters. The van der Waals surface area contributed by atoms with Crippen molar-refractivity contribution < 1.29 is 19.0 Å². The first-order valence-electron chi connectivity index (χ1n) is 11.4. The van der Waals surface area contributed by atoms with Gasteiger partial charge in [-0.05, 0) is 53.9 Å². The Morgan fingerprint density at radius 1 is 0.909 bits per heavy atom. The third-order valence-electron chi connectivity index (χ3n) is 6.38. The summed E-state index contributed by atoms with van der Waals surface area (Å²) in [5.74, 6) is 2.48. The number of hydrogen-bond donors (Lipinski definition) is 0. The van der Waals surface area contributed by atoms with E-state index in [0.29, 0.717) is 30.5 Å². The second-order valence-corrected chi connectivity index (χ2v) is 8.90. The Morgan fingerprint density at radius 3 is 2.21 bits per heavy atom. The zero-order valence-electron chi connectivity index (χ0n) is 19.4. The number of rotatable bonds is 8.